The second-order valence-corrected chi connectivity index (χ2v) is 7.72. The molecule has 0 radical (unpaired) electrons. The van der Waals surface area contributed by atoms with E-state index in [1.165, 1.54) is 23.5 Å². The van der Waals surface area contributed by atoms with E-state index in [2.05, 4.69) is 26.0 Å². The Morgan fingerprint density at radius 1 is 1.33 bits per heavy atom. The first kappa shape index (κ1) is 16.4. The fourth-order valence-corrected chi connectivity index (χ4v) is 4.67. The van der Waals surface area contributed by atoms with Crippen molar-refractivity contribution in [3.8, 4) is 0 Å². The molecule has 2 aromatic rings. The van der Waals surface area contributed by atoms with Crippen LogP contribution in [0.3, 0.4) is 0 Å². The first-order valence-corrected chi connectivity index (χ1v) is 9.34. The Labute approximate surface area is 135 Å². The van der Waals surface area contributed by atoms with Crippen molar-refractivity contribution in [2.45, 2.75) is 18.4 Å². The van der Waals surface area contributed by atoms with Crippen LogP contribution >= 0.6 is 27.3 Å². The van der Waals surface area contributed by atoms with Gasteiger partial charge >= 0.3 is 0 Å². The molecule has 21 heavy (non-hydrogen) atoms. The normalized spacial score (nSPS) is 11.6. The summed E-state index contributed by atoms with van der Waals surface area (Å²) in [7, 11) is -3.75. The third-order valence-corrected chi connectivity index (χ3v) is 5.89. The fraction of sp³-hybridized carbons (Fsp3) is 0.231. The summed E-state index contributed by atoms with van der Waals surface area (Å²) in [6, 6.07) is 5.40. The van der Waals surface area contributed by atoms with Crippen molar-refractivity contribution in [1.82, 2.24) is 5.32 Å². The molecular weight excluding hydrogens is 379 g/mol. The summed E-state index contributed by atoms with van der Waals surface area (Å²) in [5.41, 5.74) is 0.176. The molecule has 0 saturated carbocycles. The van der Waals surface area contributed by atoms with E-state index in [0.717, 1.165) is 17.5 Å². The number of thiophene rings is 1. The van der Waals surface area contributed by atoms with Gasteiger partial charge in [0.2, 0.25) is 0 Å². The van der Waals surface area contributed by atoms with Crippen molar-refractivity contribution in [2.24, 2.45) is 0 Å². The molecule has 0 unspecified atom stereocenters. The molecule has 0 aliphatic rings. The summed E-state index contributed by atoms with van der Waals surface area (Å²) in [5, 5.41) is 4.82. The number of sulfonamides is 1. The minimum atomic E-state index is -3.75. The Hall–Kier alpha value is -0.960. The van der Waals surface area contributed by atoms with E-state index in [4.69, 9.17) is 0 Å². The number of nitrogens with one attached hydrogen (secondary N) is 2. The van der Waals surface area contributed by atoms with Gasteiger partial charge in [-0.25, -0.2) is 12.8 Å². The van der Waals surface area contributed by atoms with Gasteiger partial charge in [-0.1, -0.05) is 6.92 Å². The van der Waals surface area contributed by atoms with Gasteiger partial charge in [0.25, 0.3) is 10.0 Å². The molecule has 1 heterocycles. The maximum Gasteiger partial charge on any atom is 0.263 e. The van der Waals surface area contributed by atoms with Gasteiger partial charge in [0.1, 0.15) is 10.7 Å². The van der Waals surface area contributed by atoms with Gasteiger partial charge in [-0.2, -0.15) is 0 Å². The van der Waals surface area contributed by atoms with Crippen molar-refractivity contribution >= 4 is 43.0 Å². The van der Waals surface area contributed by atoms with Gasteiger partial charge in [0.15, 0.2) is 0 Å². The first-order valence-electron chi connectivity index (χ1n) is 6.19. The van der Waals surface area contributed by atoms with E-state index in [1.807, 2.05) is 6.92 Å². The minimum absolute atomic E-state index is 0.176. The molecule has 0 spiro atoms. The SMILES string of the molecule is CCNCc1sccc1S(=O)(=O)Nc1cc(F)ccc1Br. The number of hydrogen-bond donors (Lipinski definition) is 2. The lowest BCUT2D eigenvalue weighted by Gasteiger charge is -2.10. The highest BCUT2D eigenvalue weighted by Gasteiger charge is 2.20. The number of rotatable bonds is 6. The zero-order valence-corrected chi connectivity index (χ0v) is 14.4. The molecule has 8 heteroatoms. The van der Waals surface area contributed by atoms with Gasteiger partial charge in [0.05, 0.1) is 5.69 Å². The van der Waals surface area contributed by atoms with Gasteiger partial charge in [-0.3, -0.25) is 4.72 Å². The average Bonchev–Trinajstić information content (AvgIpc) is 2.89. The minimum Gasteiger partial charge on any atom is -0.312 e. The molecule has 2 N–H and O–H groups in total. The summed E-state index contributed by atoms with van der Waals surface area (Å²) in [6.45, 7) is 3.18. The van der Waals surface area contributed by atoms with Crippen molar-refractivity contribution in [1.29, 1.82) is 0 Å². The monoisotopic (exact) mass is 392 g/mol. The van der Waals surface area contributed by atoms with Crippen LogP contribution in [-0.4, -0.2) is 15.0 Å². The van der Waals surface area contributed by atoms with Crippen molar-refractivity contribution in [3.05, 3.63) is 44.8 Å². The zero-order chi connectivity index (χ0) is 15.5. The highest BCUT2D eigenvalue weighted by Crippen LogP contribution is 2.28. The third-order valence-electron chi connectivity index (χ3n) is 2.70. The highest BCUT2D eigenvalue weighted by molar-refractivity contribution is 9.10. The standard InChI is InChI=1S/C13H14BrFN2O2S2/c1-2-16-8-12-13(5-6-20-12)21(18,19)17-11-7-9(15)3-4-10(11)14/h3-7,16-17H,2,8H2,1H3. The molecular formula is C13H14BrFN2O2S2. The van der Waals surface area contributed by atoms with Gasteiger partial charge < -0.3 is 5.32 Å². The molecule has 0 atom stereocenters. The summed E-state index contributed by atoms with van der Waals surface area (Å²) >= 11 is 4.57. The van der Waals surface area contributed by atoms with E-state index >= 15 is 0 Å². The van der Waals surface area contributed by atoms with Crippen LogP contribution in [0, 0.1) is 5.82 Å². The number of hydrogen-bond acceptors (Lipinski definition) is 4. The maximum absolute atomic E-state index is 13.2. The molecule has 0 aliphatic heterocycles. The molecule has 0 saturated heterocycles. The topological polar surface area (TPSA) is 58.2 Å². The molecule has 114 valence electrons. The van der Waals surface area contributed by atoms with Gasteiger partial charge in [-0.05, 0) is 52.1 Å². The summed E-state index contributed by atoms with van der Waals surface area (Å²) in [5.74, 6) is -0.505. The average molecular weight is 393 g/mol. The number of halogens is 2. The predicted octanol–water partition coefficient (Wildman–Crippen LogP) is 3.56. The highest BCUT2D eigenvalue weighted by atomic mass is 79.9. The lowest BCUT2D eigenvalue weighted by atomic mass is 10.3. The first-order chi connectivity index (χ1) is 9.94. The van der Waals surface area contributed by atoms with Crippen LogP contribution in [0.15, 0.2) is 39.0 Å². The van der Waals surface area contributed by atoms with Crippen LogP contribution in [0.2, 0.25) is 0 Å². The molecule has 1 aromatic heterocycles. The van der Waals surface area contributed by atoms with Crippen molar-refractivity contribution < 1.29 is 12.8 Å². The van der Waals surface area contributed by atoms with Gasteiger partial charge in [-0.15, -0.1) is 11.3 Å². The molecule has 4 nitrogen and oxygen atoms in total. The van der Waals surface area contributed by atoms with Crippen molar-refractivity contribution in [2.75, 3.05) is 11.3 Å². The second kappa shape index (κ2) is 6.87. The Balaban J connectivity index is 2.30. The Morgan fingerprint density at radius 2 is 2.10 bits per heavy atom. The third kappa shape index (κ3) is 4.03. The van der Waals surface area contributed by atoms with E-state index in [9.17, 15) is 12.8 Å². The van der Waals surface area contributed by atoms with E-state index in [0.29, 0.717) is 11.0 Å². The van der Waals surface area contributed by atoms with Crippen LogP contribution in [0.4, 0.5) is 10.1 Å². The Kier molecular flexibility index (Phi) is 5.37. The molecule has 0 aliphatic carbocycles. The summed E-state index contributed by atoms with van der Waals surface area (Å²) in [6.07, 6.45) is 0. The van der Waals surface area contributed by atoms with Crippen LogP contribution in [-0.2, 0) is 16.6 Å². The molecule has 2 rings (SSSR count). The van der Waals surface area contributed by atoms with Gasteiger partial charge in [0, 0.05) is 15.9 Å². The Bertz CT molecular complexity index is 732. The van der Waals surface area contributed by atoms with Crippen LogP contribution in [0.25, 0.3) is 0 Å². The van der Waals surface area contributed by atoms with Crippen LogP contribution in [0.5, 0.6) is 0 Å². The quantitative estimate of drug-likeness (QED) is 0.789. The molecule has 0 bridgehead atoms. The van der Waals surface area contributed by atoms with E-state index < -0.39 is 15.8 Å². The fourth-order valence-electron chi connectivity index (χ4n) is 1.71. The largest absolute Gasteiger partial charge is 0.312 e. The molecule has 0 amide bonds. The predicted molar refractivity (Wildman–Crippen MR) is 86.6 cm³/mol. The van der Waals surface area contributed by atoms with Crippen molar-refractivity contribution in [3.63, 3.8) is 0 Å². The summed E-state index contributed by atoms with van der Waals surface area (Å²) < 4.78 is 41.0. The molecule has 1 aromatic carbocycles. The molecule has 0 fully saturated rings. The number of benzene rings is 1. The van der Waals surface area contributed by atoms with E-state index in [1.54, 1.807) is 11.4 Å². The smallest absolute Gasteiger partial charge is 0.263 e. The van der Waals surface area contributed by atoms with Crippen LogP contribution < -0.4 is 10.0 Å². The lowest BCUT2D eigenvalue weighted by Crippen LogP contribution is -2.17. The summed E-state index contributed by atoms with van der Waals surface area (Å²) in [4.78, 5) is 0.932. The zero-order valence-electron chi connectivity index (χ0n) is 11.2. The Morgan fingerprint density at radius 3 is 2.81 bits per heavy atom. The van der Waals surface area contributed by atoms with Crippen LogP contribution in [0.1, 0.15) is 11.8 Å². The second-order valence-electron chi connectivity index (χ2n) is 4.22. The lowest BCUT2D eigenvalue weighted by molar-refractivity contribution is 0.599. The van der Waals surface area contributed by atoms with E-state index in [-0.39, 0.29) is 10.6 Å². The number of anilines is 1. The maximum atomic E-state index is 13.2.